The number of amides is 2. The molecule has 2 N–H and O–H groups in total. The molecule has 0 unspecified atom stereocenters. The van der Waals surface area contributed by atoms with Crippen molar-refractivity contribution in [2.24, 2.45) is 0 Å². The van der Waals surface area contributed by atoms with Crippen molar-refractivity contribution in [2.75, 3.05) is 39.4 Å². The first-order valence-corrected chi connectivity index (χ1v) is 7.94. The number of ether oxygens (including phenoxy) is 2. The first-order chi connectivity index (χ1) is 10.8. The summed E-state index contributed by atoms with van der Waals surface area (Å²) >= 11 is 0. The number of rotatable bonds is 5. The quantitative estimate of drug-likeness (QED) is 0.862. The monoisotopic (exact) mass is 305 g/mol. The highest BCUT2D eigenvalue weighted by atomic mass is 16.6. The van der Waals surface area contributed by atoms with Gasteiger partial charge in [-0.1, -0.05) is 6.07 Å². The molecule has 0 spiro atoms. The second kappa shape index (κ2) is 7.35. The van der Waals surface area contributed by atoms with E-state index < -0.39 is 0 Å². The summed E-state index contributed by atoms with van der Waals surface area (Å²) in [6, 6.07) is 5.61. The highest BCUT2D eigenvalue weighted by Gasteiger charge is 2.13. The molecule has 0 radical (unpaired) electrons. The number of carbonyl (C=O) groups excluding carboxylic acids is 1. The highest BCUT2D eigenvalue weighted by molar-refractivity contribution is 5.73. The number of carbonyl (C=O) groups is 1. The largest absolute Gasteiger partial charge is 0.486 e. The summed E-state index contributed by atoms with van der Waals surface area (Å²) in [5.41, 5.74) is 0.999. The van der Waals surface area contributed by atoms with Crippen LogP contribution in [-0.4, -0.2) is 50.3 Å². The third kappa shape index (κ3) is 4.04. The number of nitrogens with one attached hydrogen (secondary N) is 2. The summed E-state index contributed by atoms with van der Waals surface area (Å²) < 4.78 is 11.0. The standard InChI is InChI=1S/C16H23N3O3/c20-16(17-5-8-19-6-1-2-7-19)18-12-13-3-4-14-15(11-13)22-10-9-21-14/h3-4,11H,1-2,5-10,12H2,(H2,17,18,20). The molecule has 1 saturated heterocycles. The van der Waals surface area contributed by atoms with E-state index in [-0.39, 0.29) is 6.03 Å². The normalized spacial score (nSPS) is 17.3. The van der Waals surface area contributed by atoms with E-state index in [1.807, 2.05) is 18.2 Å². The van der Waals surface area contributed by atoms with Crippen molar-refractivity contribution in [3.05, 3.63) is 23.8 Å². The minimum atomic E-state index is -0.130. The van der Waals surface area contributed by atoms with Crippen LogP contribution in [0, 0.1) is 0 Å². The maximum absolute atomic E-state index is 11.8. The lowest BCUT2D eigenvalue weighted by atomic mass is 10.2. The first-order valence-electron chi connectivity index (χ1n) is 7.94. The van der Waals surface area contributed by atoms with E-state index >= 15 is 0 Å². The number of fused-ring (bicyclic) bond motifs is 1. The molecule has 1 aromatic rings. The maximum Gasteiger partial charge on any atom is 0.315 e. The molecule has 2 aliphatic rings. The van der Waals surface area contributed by atoms with Crippen molar-refractivity contribution >= 4 is 6.03 Å². The molecule has 120 valence electrons. The average Bonchev–Trinajstić information content (AvgIpc) is 3.06. The van der Waals surface area contributed by atoms with Crippen molar-refractivity contribution < 1.29 is 14.3 Å². The summed E-state index contributed by atoms with van der Waals surface area (Å²) in [5.74, 6) is 1.52. The summed E-state index contributed by atoms with van der Waals surface area (Å²) in [7, 11) is 0. The third-order valence-corrected chi connectivity index (χ3v) is 3.97. The predicted octanol–water partition coefficient (Wildman–Crippen LogP) is 1.35. The van der Waals surface area contributed by atoms with Gasteiger partial charge in [-0.15, -0.1) is 0 Å². The van der Waals surface area contributed by atoms with Crippen LogP contribution in [0.15, 0.2) is 18.2 Å². The van der Waals surface area contributed by atoms with Gasteiger partial charge < -0.3 is 25.0 Å². The van der Waals surface area contributed by atoms with Crippen LogP contribution in [0.2, 0.25) is 0 Å². The lowest BCUT2D eigenvalue weighted by Crippen LogP contribution is -2.39. The van der Waals surface area contributed by atoms with E-state index in [1.54, 1.807) is 0 Å². The Hall–Kier alpha value is -1.95. The van der Waals surface area contributed by atoms with Crippen LogP contribution in [0.3, 0.4) is 0 Å². The topological polar surface area (TPSA) is 62.8 Å². The van der Waals surface area contributed by atoms with Crippen LogP contribution in [-0.2, 0) is 6.54 Å². The van der Waals surface area contributed by atoms with Crippen LogP contribution < -0.4 is 20.1 Å². The van der Waals surface area contributed by atoms with E-state index in [0.717, 1.165) is 36.7 Å². The van der Waals surface area contributed by atoms with Crippen LogP contribution >= 0.6 is 0 Å². The Morgan fingerprint density at radius 2 is 1.86 bits per heavy atom. The fraction of sp³-hybridized carbons (Fsp3) is 0.562. The van der Waals surface area contributed by atoms with Crippen LogP contribution in [0.1, 0.15) is 18.4 Å². The van der Waals surface area contributed by atoms with Crippen molar-refractivity contribution in [1.82, 2.24) is 15.5 Å². The zero-order chi connectivity index (χ0) is 15.2. The number of likely N-dealkylation sites (tertiary alicyclic amines) is 1. The number of hydrogen-bond donors (Lipinski definition) is 2. The van der Waals surface area contributed by atoms with Gasteiger partial charge in [0, 0.05) is 19.6 Å². The van der Waals surface area contributed by atoms with Gasteiger partial charge in [0.05, 0.1) is 0 Å². The summed E-state index contributed by atoms with van der Waals surface area (Å²) in [6.45, 7) is 5.56. The molecule has 2 amide bonds. The second-order valence-electron chi connectivity index (χ2n) is 5.64. The Kier molecular flexibility index (Phi) is 5.00. The molecule has 0 aliphatic carbocycles. The lowest BCUT2D eigenvalue weighted by molar-refractivity contribution is 0.171. The van der Waals surface area contributed by atoms with Crippen LogP contribution in [0.25, 0.3) is 0 Å². The molecule has 1 aromatic carbocycles. The molecule has 6 heteroatoms. The van der Waals surface area contributed by atoms with Gasteiger partial charge in [-0.2, -0.15) is 0 Å². The molecule has 3 rings (SSSR count). The van der Waals surface area contributed by atoms with Gasteiger partial charge in [0.2, 0.25) is 0 Å². The fourth-order valence-electron chi connectivity index (χ4n) is 2.78. The Balaban J connectivity index is 1.39. The van der Waals surface area contributed by atoms with Crippen LogP contribution in [0.5, 0.6) is 11.5 Å². The number of urea groups is 1. The smallest absolute Gasteiger partial charge is 0.315 e. The molecule has 2 aliphatic heterocycles. The SMILES string of the molecule is O=C(NCCN1CCCC1)NCc1ccc2c(c1)OCCO2. The zero-order valence-corrected chi connectivity index (χ0v) is 12.8. The van der Waals surface area contributed by atoms with Gasteiger partial charge in [-0.05, 0) is 43.6 Å². The van der Waals surface area contributed by atoms with Gasteiger partial charge in [0.25, 0.3) is 0 Å². The van der Waals surface area contributed by atoms with Gasteiger partial charge in [-0.3, -0.25) is 0 Å². The number of benzene rings is 1. The average molecular weight is 305 g/mol. The Bertz CT molecular complexity index is 515. The Morgan fingerprint density at radius 1 is 1.09 bits per heavy atom. The summed E-state index contributed by atoms with van der Waals surface area (Å²) in [6.07, 6.45) is 2.55. The fourth-order valence-corrected chi connectivity index (χ4v) is 2.78. The Labute approximate surface area is 130 Å². The van der Waals surface area contributed by atoms with Gasteiger partial charge in [0.1, 0.15) is 13.2 Å². The van der Waals surface area contributed by atoms with Crippen molar-refractivity contribution in [2.45, 2.75) is 19.4 Å². The molecule has 2 heterocycles. The van der Waals surface area contributed by atoms with Crippen molar-refractivity contribution in [3.63, 3.8) is 0 Å². The molecule has 6 nitrogen and oxygen atoms in total. The summed E-state index contributed by atoms with van der Waals surface area (Å²) in [4.78, 5) is 14.2. The lowest BCUT2D eigenvalue weighted by Gasteiger charge is -2.19. The van der Waals surface area contributed by atoms with E-state index in [9.17, 15) is 4.79 Å². The second-order valence-corrected chi connectivity index (χ2v) is 5.64. The molecular formula is C16H23N3O3. The van der Waals surface area contributed by atoms with Gasteiger partial charge in [0.15, 0.2) is 11.5 Å². The Morgan fingerprint density at radius 3 is 2.68 bits per heavy atom. The van der Waals surface area contributed by atoms with Crippen molar-refractivity contribution in [1.29, 1.82) is 0 Å². The van der Waals surface area contributed by atoms with Crippen molar-refractivity contribution in [3.8, 4) is 11.5 Å². The number of nitrogens with zero attached hydrogens (tertiary/aromatic N) is 1. The van der Waals surface area contributed by atoms with E-state index in [1.165, 1.54) is 12.8 Å². The highest BCUT2D eigenvalue weighted by Crippen LogP contribution is 2.30. The van der Waals surface area contributed by atoms with Crippen LogP contribution in [0.4, 0.5) is 4.79 Å². The van der Waals surface area contributed by atoms with Gasteiger partial charge >= 0.3 is 6.03 Å². The van der Waals surface area contributed by atoms with E-state index in [2.05, 4.69) is 15.5 Å². The zero-order valence-electron chi connectivity index (χ0n) is 12.8. The molecule has 1 fully saturated rings. The first kappa shape index (κ1) is 15.0. The number of hydrogen-bond acceptors (Lipinski definition) is 4. The maximum atomic E-state index is 11.8. The third-order valence-electron chi connectivity index (χ3n) is 3.97. The minimum absolute atomic E-state index is 0.130. The molecule has 0 bridgehead atoms. The molecule has 22 heavy (non-hydrogen) atoms. The molecule has 0 aromatic heterocycles. The molecule has 0 atom stereocenters. The van der Waals surface area contributed by atoms with E-state index in [0.29, 0.717) is 26.3 Å². The predicted molar refractivity (Wildman–Crippen MR) is 83.3 cm³/mol. The summed E-state index contributed by atoms with van der Waals surface area (Å²) in [5, 5.41) is 5.76. The molecule has 0 saturated carbocycles. The van der Waals surface area contributed by atoms with Gasteiger partial charge in [-0.25, -0.2) is 4.79 Å². The minimum Gasteiger partial charge on any atom is -0.486 e. The molecular weight excluding hydrogens is 282 g/mol. The van der Waals surface area contributed by atoms with E-state index in [4.69, 9.17) is 9.47 Å².